The Hall–Kier alpha value is -2.07. The summed E-state index contributed by atoms with van der Waals surface area (Å²) in [4.78, 5) is 6.95. The van der Waals surface area contributed by atoms with Gasteiger partial charge in [0.2, 0.25) is 5.88 Å². The van der Waals surface area contributed by atoms with E-state index in [1.807, 2.05) is 42.6 Å². The lowest BCUT2D eigenvalue weighted by atomic mass is 10.1. The maximum atomic E-state index is 6.04. The average Bonchev–Trinajstić information content (AvgIpc) is 2.57. The molecule has 0 saturated carbocycles. The molecule has 1 aromatic heterocycles. The number of nitrogens with two attached hydrogens (primary N) is 1. The number of hydrogen-bond donors (Lipinski definition) is 1. The maximum absolute atomic E-state index is 6.04. The van der Waals surface area contributed by atoms with E-state index >= 15 is 0 Å². The average molecular weight is 311 g/mol. The molecule has 0 atom stereocenters. The Balaban J connectivity index is 1.62. The van der Waals surface area contributed by atoms with Crippen LogP contribution in [0.5, 0.6) is 5.88 Å². The number of rotatable bonds is 4. The van der Waals surface area contributed by atoms with Gasteiger partial charge in [-0.25, -0.2) is 4.98 Å². The Morgan fingerprint density at radius 3 is 2.48 bits per heavy atom. The van der Waals surface area contributed by atoms with Crippen LogP contribution >= 0.6 is 0 Å². The molecule has 0 unspecified atom stereocenters. The van der Waals surface area contributed by atoms with E-state index in [2.05, 4.69) is 23.7 Å². The molecule has 122 valence electrons. The second-order valence-electron chi connectivity index (χ2n) is 6.42. The molecule has 0 aliphatic carbocycles. The topological polar surface area (TPSA) is 51.4 Å². The van der Waals surface area contributed by atoms with Crippen LogP contribution in [0, 0.1) is 0 Å². The van der Waals surface area contributed by atoms with Crippen LogP contribution in [0.2, 0.25) is 0 Å². The summed E-state index contributed by atoms with van der Waals surface area (Å²) < 4.78 is 6.04. The summed E-state index contributed by atoms with van der Waals surface area (Å²) in [6.07, 6.45) is 4.23. The fourth-order valence-corrected chi connectivity index (χ4v) is 3.05. The summed E-state index contributed by atoms with van der Waals surface area (Å²) in [5, 5.41) is 0. The Labute approximate surface area is 138 Å². The molecule has 4 heteroatoms. The predicted octanol–water partition coefficient (Wildman–Crippen LogP) is 3.58. The monoisotopic (exact) mass is 311 g/mol. The molecule has 1 aliphatic heterocycles. The van der Waals surface area contributed by atoms with Crippen molar-refractivity contribution >= 4 is 5.69 Å². The van der Waals surface area contributed by atoms with Crippen LogP contribution in [-0.2, 0) is 0 Å². The van der Waals surface area contributed by atoms with E-state index in [1.54, 1.807) is 0 Å². The molecule has 0 amide bonds. The molecule has 2 aromatic rings. The molecule has 0 spiro atoms. The quantitative estimate of drug-likeness (QED) is 0.877. The number of aromatic nitrogens is 1. The molecule has 1 aliphatic rings. The van der Waals surface area contributed by atoms with Crippen molar-refractivity contribution in [2.45, 2.75) is 38.8 Å². The van der Waals surface area contributed by atoms with Crippen LogP contribution in [0.3, 0.4) is 0 Å². The Morgan fingerprint density at radius 1 is 1.13 bits per heavy atom. The number of nitrogen functional groups attached to an aromatic ring is 1. The van der Waals surface area contributed by atoms with Crippen molar-refractivity contribution in [1.29, 1.82) is 0 Å². The predicted molar refractivity (Wildman–Crippen MR) is 94.4 cm³/mol. The van der Waals surface area contributed by atoms with Crippen molar-refractivity contribution in [2.75, 3.05) is 18.8 Å². The van der Waals surface area contributed by atoms with Gasteiger partial charge in [0.25, 0.3) is 0 Å². The number of para-hydroxylation sites is 1. The first-order chi connectivity index (χ1) is 11.1. The van der Waals surface area contributed by atoms with E-state index < -0.39 is 0 Å². The normalized spacial score (nSPS) is 16.7. The third kappa shape index (κ3) is 3.82. The summed E-state index contributed by atoms with van der Waals surface area (Å²) in [5.41, 5.74) is 8.81. The van der Waals surface area contributed by atoms with Gasteiger partial charge in [-0.05, 0) is 38.8 Å². The van der Waals surface area contributed by atoms with Gasteiger partial charge in [0.1, 0.15) is 6.10 Å². The highest BCUT2D eigenvalue weighted by atomic mass is 16.5. The molecule has 1 fully saturated rings. The highest BCUT2D eigenvalue weighted by Gasteiger charge is 2.22. The molecule has 4 nitrogen and oxygen atoms in total. The standard InChI is InChI=1S/C19H25N3O/c1-14(2)22-11-9-16(10-12-22)23-19-8-7-15(13-21-19)17-5-3-4-6-18(17)20/h3-8,13-14,16H,9-12,20H2,1-2H3. The summed E-state index contributed by atoms with van der Waals surface area (Å²) in [6, 6.07) is 12.4. The first-order valence-corrected chi connectivity index (χ1v) is 8.35. The van der Waals surface area contributed by atoms with Gasteiger partial charge < -0.3 is 15.4 Å². The van der Waals surface area contributed by atoms with Crippen LogP contribution < -0.4 is 10.5 Å². The van der Waals surface area contributed by atoms with Gasteiger partial charge in [-0.3, -0.25) is 0 Å². The zero-order chi connectivity index (χ0) is 16.2. The lowest BCUT2D eigenvalue weighted by molar-refractivity contribution is 0.0813. The molecule has 0 bridgehead atoms. The van der Waals surface area contributed by atoms with Gasteiger partial charge in [0.15, 0.2) is 0 Å². The first-order valence-electron chi connectivity index (χ1n) is 8.35. The third-order valence-corrected chi connectivity index (χ3v) is 4.50. The molecule has 2 heterocycles. The van der Waals surface area contributed by atoms with Gasteiger partial charge in [-0.2, -0.15) is 0 Å². The van der Waals surface area contributed by atoms with Crippen molar-refractivity contribution in [1.82, 2.24) is 9.88 Å². The lowest BCUT2D eigenvalue weighted by Gasteiger charge is -2.34. The molecule has 23 heavy (non-hydrogen) atoms. The molecule has 1 saturated heterocycles. The molecule has 0 radical (unpaired) electrons. The smallest absolute Gasteiger partial charge is 0.213 e. The largest absolute Gasteiger partial charge is 0.474 e. The van der Waals surface area contributed by atoms with Crippen molar-refractivity contribution in [3.8, 4) is 17.0 Å². The minimum Gasteiger partial charge on any atom is -0.474 e. The summed E-state index contributed by atoms with van der Waals surface area (Å²) in [7, 11) is 0. The number of anilines is 1. The molecular formula is C19H25N3O. The van der Waals surface area contributed by atoms with Crippen LogP contribution in [0.15, 0.2) is 42.6 Å². The lowest BCUT2D eigenvalue weighted by Crippen LogP contribution is -2.41. The van der Waals surface area contributed by atoms with Crippen LogP contribution in [-0.4, -0.2) is 35.1 Å². The number of piperidine rings is 1. The zero-order valence-corrected chi connectivity index (χ0v) is 13.9. The number of likely N-dealkylation sites (tertiary alicyclic amines) is 1. The number of ether oxygens (including phenoxy) is 1. The van der Waals surface area contributed by atoms with Crippen molar-refractivity contribution in [3.63, 3.8) is 0 Å². The molecule has 2 N–H and O–H groups in total. The number of benzene rings is 1. The number of pyridine rings is 1. The molecule has 1 aromatic carbocycles. The van der Waals surface area contributed by atoms with Gasteiger partial charge in [0.05, 0.1) is 0 Å². The van der Waals surface area contributed by atoms with E-state index in [4.69, 9.17) is 10.5 Å². The van der Waals surface area contributed by atoms with Crippen molar-refractivity contribution in [3.05, 3.63) is 42.6 Å². The maximum Gasteiger partial charge on any atom is 0.213 e. The SMILES string of the molecule is CC(C)N1CCC(Oc2ccc(-c3ccccc3N)cn2)CC1. The van der Waals surface area contributed by atoms with Crippen LogP contribution in [0.25, 0.3) is 11.1 Å². The van der Waals surface area contributed by atoms with Crippen LogP contribution in [0.4, 0.5) is 5.69 Å². The van der Waals surface area contributed by atoms with E-state index in [1.165, 1.54) is 0 Å². The molecular weight excluding hydrogens is 286 g/mol. The zero-order valence-electron chi connectivity index (χ0n) is 13.9. The van der Waals surface area contributed by atoms with Crippen LogP contribution in [0.1, 0.15) is 26.7 Å². The minimum absolute atomic E-state index is 0.269. The first kappa shape index (κ1) is 15.8. The van der Waals surface area contributed by atoms with E-state index in [0.717, 1.165) is 42.7 Å². The second-order valence-corrected chi connectivity index (χ2v) is 6.42. The van der Waals surface area contributed by atoms with Crippen molar-refractivity contribution in [2.24, 2.45) is 0 Å². The Kier molecular flexibility index (Phi) is 4.82. The Bertz CT molecular complexity index is 631. The number of hydrogen-bond acceptors (Lipinski definition) is 4. The van der Waals surface area contributed by atoms with E-state index in [-0.39, 0.29) is 6.10 Å². The fourth-order valence-electron chi connectivity index (χ4n) is 3.05. The van der Waals surface area contributed by atoms with Gasteiger partial charge >= 0.3 is 0 Å². The van der Waals surface area contributed by atoms with Gasteiger partial charge in [-0.1, -0.05) is 18.2 Å². The van der Waals surface area contributed by atoms with E-state index in [0.29, 0.717) is 11.9 Å². The summed E-state index contributed by atoms with van der Waals surface area (Å²) in [5.74, 6) is 0.700. The minimum atomic E-state index is 0.269. The number of nitrogens with zero attached hydrogens (tertiary/aromatic N) is 2. The molecule has 3 rings (SSSR count). The highest BCUT2D eigenvalue weighted by molar-refractivity contribution is 5.75. The third-order valence-electron chi connectivity index (χ3n) is 4.50. The van der Waals surface area contributed by atoms with Gasteiger partial charge in [0, 0.05) is 48.2 Å². The highest BCUT2D eigenvalue weighted by Crippen LogP contribution is 2.26. The fraction of sp³-hybridized carbons (Fsp3) is 0.421. The summed E-state index contributed by atoms with van der Waals surface area (Å²) >= 11 is 0. The van der Waals surface area contributed by atoms with Gasteiger partial charge in [-0.15, -0.1) is 0 Å². The Morgan fingerprint density at radius 2 is 1.87 bits per heavy atom. The van der Waals surface area contributed by atoms with E-state index in [9.17, 15) is 0 Å². The second kappa shape index (κ2) is 7.01. The summed E-state index contributed by atoms with van der Waals surface area (Å²) in [6.45, 7) is 6.69. The van der Waals surface area contributed by atoms with Crippen molar-refractivity contribution < 1.29 is 4.74 Å².